The molecule has 0 spiro atoms. The molecule has 3 nitrogen and oxygen atoms in total. The third-order valence-electron chi connectivity index (χ3n) is 3.04. The molecule has 0 unspecified atom stereocenters. The summed E-state index contributed by atoms with van der Waals surface area (Å²) in [5, 5.41) is 10.1. The van der Waals surface area contributed by atoms with Crippen molar-refractivity contribution in [3.05, 3.63) is 35.0 Å². The van der Waals surface area contributed by atoms with Crippen molar-refractivity contribution in [2.24, 2.45) is 0 Å². The number of nitrogens with zero attached hydrogens (tertiary/aromatic N) is 2. The molecular weight excluding hydrogens is 186 g/mol. The van der Waals surface area contributed by atoms with Gasteiger partial charge in [-0.05, 0) is 24.2 Å². The lowest BCUT2D eigenvalue weighted by Crippen LogP contribution is -2.07. The second-order valence-corrected chi connectivity index (χ2v) is 4.11. The summed E-state index contributed by atoms with van der Waals surface area (Å²) in [5.41, 5.74) is 4.49. The smallest absolute Gasteiger partial charge is 0.101 e. The van der Waals surface area contributed by atoms with E-state index in [4.69, 9.17) is 5.26 Å². The molecule has 0 saturated carbocycles. The molecule has 3 rings (SSSR count). The van der Waals surface area contributed by atoms with Gasteiger partial charge in [0.2, 0.25) is 0 Å². The first-order valence-corrected chi connectivity index (χ1v) is 5.00. The summed E-state index contributed by atoms with van der Waals surface area (Å²) in [6.45, 7) is 1.93. The number of hydrogen-bond acceptors (Lipinski definition) is 2. The minimum Gasteiger partial charge on any atom is -0.360 e. The number of H-pyrrole nitrogens is 1. The number of aromatic amines is 1. The van der Waals surface area contributed by atoms with E-state index >= 15 is 0 Å². The lowest BCUT2D eigenvalue weighted by molar-refractivity contribution is 0.353. The Hall–Kier alpha value is -1.79. The van der Waals surface area contributed by atoms with Crippen molar-refractivity contribution >= 4 is 10.9 Å². The van der Waals surface area contributed by atoms with Gasteiger partial charge < -0.3 is 4.98 Å². The van der Waals surface area contributed by atoms with Crippen LogP contribution in [0.4, 0.5) is 0 Å². The van der Waals surface area contributed by atoms with Crippen LogP contribution in [0.25, 0.3) is 10.9 Å². The zero-order chi connectivity index (χ0) is 10.4. The first-order valence-electron chi connectivity index (χ1n) is 5.00. The molecule has 0 saturated heterocycles. The van der Waals surface area contributed by atoms with Crippen molar-refractivity contribution in [2.45, 2.75) is 13.1 Å². The summed E-state index contributed by atoms with van der Waals surface area (Å²) in [6.07, 6.45) is 1.79. The summed E-state index contributed by atoms with van der Waals surface area (Å²) < 4.78 is 0. The van der Waals surface area contributed by atoms with E-state index in [1.54, 1.807) is 6.20 Å². The fraction of sp³-hybridized carbons (Fsp3) is 0.250. The lowest BCUT2D eigenvalue weighted by Gasteiger charge is -2.03. The van der Waals surface area contributed by atoms with E-state index < -0.39 is 0 Å². The topological polar surface area (TPSA) is 42.8 Å². The maximum Gasteiger partial charge on any atom is 0.101 e. The fourth-order valence-electron chi connectivity index (χ4n) is 2.37. The molecule has 15 heavy (non-hydrogen) atoms. The van der Waals surface area contributed by atoms with Gasteiger partial charge in [-0.15, -0.1) is 0 Å². The number of rotatable bonds is 0. The number of nitrogens with one attached hydrogen (secondary N) is 1. The Balaban J connectivity index is 2.38. The second-order valence-electron chi connectivity index (χ2n) is 4.11. The highest BCUT2D eigenvalue weighted by Crippen LogP contribution is 2.31. The number of aromatic nitrogens is 1. The van der Waals surface area contributed by atoms with Crippen LogP contribution in [-0.4, -0.2) is 16.9 Å². The highest BCUT2D eigenvalue weighted by molar-refractivity contribution is 5.90. The van der Waals surface area contributed by atoms with Crippen molar-refractivity contribution in [2.75, 3.05) is 7.05 Å². The van der Waals surface area contributed by atoms with E-state index in [-0.39, 0.29) is 0 Å². The molecule has 0 aliphatic carbocycles. The van der Waals surface area contributed by atoms with Gasteiger partial charge in [0, 0.05) is 30.2 Å². The van der Waals surface area contributed by atoms with Crippen molar-refractivity contribution in [1.82, 2.24) is 9.88 Å². The predicted octanol–water partition coefficient (Wildman–Crippen LogP) is 1.98. The number of hydrogen-bond donors (Lipinski definition) is 1. The van der Waals surface area contributed by atoms with Gasteiger partial charge in [0.05, 0.1) is 5.56 Å². The van der Waals surface area contributed by atoms with Crippen LogP contribution in [-0.2, 0) is 13.1 Å². The molecule has 0 amide bonds. The molecule has 2 heterocycles. The van der Waals surface area contributed by atoms with Gasteiger partial charge >= 0.3 is 0 Å². The number of benzene rings is 1. The van der Waals surface area contributed by atoms with E-state index in [1.165, 1.54) is 11.1 Å². The van der Waals surface area contributed by atoms with Crippen LogP contribution in [0.5, 0.6) is 0 Å². The van der Waals surface area contributed by atoms with E-state index in [1.807, 2.05) is 0 Å². The molecule has 0 atom stereocenters. The van der Waals surface area contributed by atoms with Crippen LogP contribution in [0.15, 0.2) is 18.3 Å². The van der Waals surface area contributed by atoms with Crippen LogP contribution in [0.2, 0.25) is 0 Å². The first-order chi connectivity index (χ1) is 7.29. The summed E-state index contributed by atoms with van der Waals surface area (Å²) >= 11 is 0. The maximum atomic E-state index is 9.04. The fourth-order valence-corrected chi connectivity index (χ4v) is 2.37. The van der Waals surface area contributed by atoms with Crippen LogP contribution in [0.1, 0.15) is 16.7 Å². The molecule has 0 fully saturated rings. The van der Waals surface area contributed by atoms with E-state index in [0.29, 0.717) is 0 Å². The monoisotopic (exact) mass is 197 g/mol. The second kappa shape index (κ2) is 2.85. The number of nitriles is 1. The maximum absolute atomic E-state index is 9.04. The standard InChI is InChI=1S/C12H11N3/c1-15-6-8-2-3-11-12(10(8)7-15)9(4-13)5-14-11/h2-3,5,14H,6-7H2,1H3. The molecule has 0 radical (unpaired) electrons. The normalized spacial score (nSPS) is 15.5. The number of fused-ring (bicyclic) bond motifs is 3. The highest BCUT2D eigenvalue weighted by Gasteiger charge is 2.20. The average Bonchev–Trinajstić information content (AvgIpc) is 2.78. The van der Waals surface area contributed by atoms with Crippen LogP contribution < -0.4 is 0 Å². The Labute approximate surface area is 87.9 Å². The molecule has 1 aliphatic heterocycles. The highest BCUT2D eigenvalue weighted by atomic mass is 15.1. The zero-order valence-electron chi connectivity index (χ0n) is 8.54. The van der Waals surface area contributed by atoms with Gasteiger partial charge in [-0.1, -0.05) is 6.07 Å². The first kappa shape index (κ1) is 8.51. The van der Waals surface area contributed by atoms with Crippen molar-refractivity contribution in [3.8, 4) is 6.07 Å². The lowest BCUT2D eigenvalue weighted by atomic mass is 10.0. The molecule has 0 bridgehead atoms. The Morgan fingerprint density at radius 2 is 2.27 bits per heavy atom. The summed E-state index contributed by atoms with van der Waals surface area (Å²) in [7, 11) is 2.10. The van der Waals surface area contributed by atoms with Gasteiger partial charge in [-0.2, -0.15) is 5.26 Å². The van der Waals surface area contributed by atoms with Crippen LogP contribution in [0, 0.1) is 11.3 Å². The Kier molecular flexibility index (Phi) is 1.62. The molecular formula is C12H11N3. The Bertz CT molecular complexity index is 574. The Morgan fingerprint density at radius 3 is 3.07 bits per heavy atom. The molecule has 1 aliphatic rings. The summed E-state index contributed by atoms with van der Waals surface area (Å²) in [6, 6.07) is 6.46. The molecule has 1 N–H and O–H groups in total. The van der Waals surface area contributed by atoms with Gasteiger partial charge in [0.1, 0.15) is 6.07 Å². The van der Waals surface area contributed by atoms with E-state index in [9.17, 15) is 0 Å². The van der Waals surface area contributed by atoms with Crippen molar-refractivity contribution in [3.63, 3.8) is 0 Å². The SMILES string of the molecule is CN1Cc2ccc3[nH]cc(C#N)c3c2C1. The van der Waals surface area contributed by atoms with Crippen LogP contribution in [0.3, 0.4) is 0 Å². The van der Waals surface area contributed by atoms with E-state index in [2.05, 4.69) is 35.1 Å². The van der Waals surface area contributed by atoms with Crippen molar-refractivity contribution < 1.29 is 0 Å². The molecule has 1 aromatic heterocycles. The molecule has 74 valence electrons. The van der Waals surface area contributed by atoms with Gasteiger partial charge in [-0.25, -0.2) is 0 Å². The van der Waals surface area contributed by atoms with Crippen LogP contribution >= 0.6 is 0 Å². The largest absolute Gasteiger partial charge is 0.360 e. The van der Waals surface area contributed by atoms with Gasteiger partial charge in [0.15, 0.2) is 0 Å². The summed E-state index contributed by atoms with van der Waals surface area (Å²) in [5.74, 6) is 0. The van der Waals surface area contributed by atoms with Crippen molar-refractivity contribution in [1.29, 1.82) is 5.26 Å². The third kappa shape index (κ3) is 1.09. The summed E-state index contributed by atoms with van der Waals surface area (Å²) in [4.78, 5) is 5.40. The Morgan fingerprint density at radius 1 is 1.40 bits per heavy atom. The zero-order valence-corrected chi connectivity index (χ0v) is 8.54. The third-order valence-corrected chi connectivity index (χ3v) is 3.04. The van der Waals surface area contributed by atoms with Gasteiger partial charge in [-0.3, -0.25) is 4.90 Å². The average molecular weight is 197 g/mol. The molecule has 2 aromatic rings. The van der Waals surface area contributed by atoms with E-state index in [0.717, 1.165) is 29.6 Å². The quantitative estimate of drug-likeness (QED) is 0.701. The van der Waals surface area contributed by atoms with Gasteiger partial charge in [0.25, 0.3) is 0 Å². The molecule has 3 heteroatoms. The minimum absolute atomic E-state index is 0.761. The minimum atomic E-state index is 0.761. The predicted molar refractivity (Wildman–Crippen MR) is 58.2 cm³/mol. The molecule has 1 aromatic carbocycles.